The van der Waals surface area contributed by atoms with Gasteiger partial charge in [0.15, 0.2) is 40.3 Å². The number of phenolic OH excluding ortho intramolecular Hbond substituents is 1. The van der Waals surface area contributed by atoms with E-state index in [9.17, 15) is 39.0 Å². The lowest BCUT2D eigenvalue weighted by Crippen LogP contribution is -2.74. The molecule has 2 amide bonds. The quantitative estimate of drug-likeness (QED) is 0.280. The predicted molar refractivity (Wildman–Crippen MR) is 131 cm³/mol. The molecule has 0 spiro atoms. The molecule has 2 saturated carbocycles. The largest absolute Gasteiger partial charge is 0.505 e. The van der Waals surface area contributed by atoms with E-state index in [2.05, 4.69) is 10.5 Å². The van der Waals surface area contributed by atoms with Crippen molar-refractivity contribution in [2.45, 2.75) is 31.4 Å². The third-order valence-electron chi connectivity index (χ3n) is 8.12. The Labute approximate surface area is 225 Å². The number of Topliss-reactive ketones (excluding diaryl/α,β-unsaturated/α-hetero) is 4. The van der Waals surface area contributed by atoms with Gasteiger partial charge < -0.3 is 25.8 Å². The number of carbonyl (C=O) groups is 6. The Hall–Kier alpha value is -4.30. The van der Waals surface area contributed by atoms with Gasteiger partial charge in [-0.15, -0.1) is 0 Å². The highest BCUT2D eigenvalue weighted by molar-refractivity contribution is 6.32. The minimum Gasteiger partial charge on any atom is -0.505 e. The van der Waals surface area contributed by atoms with Crippen molar-refractivity contribution in [2.24, 2.45) is 29.4 Å². The standard InChI is InChI=1S/C26H25FN4O9/c1-8-4-14(30-40-8)25(38)29-13-7-12(27)10-5-9-6-11-18(31(2)3)21(34)17(24(28)37)23(36)26(11,39)22(35)15(9)20(33)16(10)19(13)32/h4,7,9,11,15,17-18,32,39H,5-6H2,1-3H3,(H2,28,37)(H,29,38)/t9-,11-,15?,17?,18-,26-/m0/s1. The van der Waals surface area contributed by atoms with E-state index in [4.69, 9.17) is 10.3 Å². The number of likely N-dealkylation sites (N-methyl/N-ethyl adjacent to an activating group) is 1. The molecule has 0 radical (unpaired) electrons. The number of carbonyl (C=O) groups excluding carboxylic acids is 6. The highest BCUT2D eigenvalue weighted by Gasteiger charge is 2.69. The topological polar surface area (TPSA) is 210 Å². The number of hydrogen-bond donors (Lipinski definition) is 4. The molecule has 1 aromatic carbocycles. The van der Waals surface area contributed by atoms with Crippen LogP contribution in [0.2, 0.25) is 0 Å². The number of ketones is 4. The first kappa shape index (κ1) is 27.3. The zero-order chi connectivity index (χ0) is 29.4. The molecule has 6 atom stereocenters. The number of rotatable bonds is 4. The lowest BCUT2D eigenvalue weighted by Gasteiger charge is -2.52. The summed E-state index contributed by atoms with van der Waals surface area (Å²) in [6.45, 7) is 1.54. The van der Waals surface area contributed by atoms with Crippen LogP contribution in [0.15, 0.2) is 16.7 Å². The second-order valence-electron chi connectivity index (χ2n) is 10.7. The first-order chi connectivity index (χ1) is 18.7. The fourth-order valence-corrected chi connectivity index (χ4v) is 6.38. The molecule has 3 aliphatic carbocycles. The monoisotopic (exact) mass is 556 g/mol. The highest BCUT2D eigenvalue weighted by atomic mass is 19.1. The van der Waals surface area contributed by atoms with Gasteiger partial charge in [0, 0.05) is 23.6 Å². The Morgan fingerprint density at radius 1 is 1.20 bits per heavy atom. The summed E-state index contributed by atoms with van der Waals surface area (Å²) in [7, 11) is 2.92. The van der Waals surface area contributed by atoms with E-state index in [1.54, 1.807) is 0 Å². The molecule has 1 aromatic heterocycles. The average Bonchev–Trinajstić information content (AvgIpc) is 3.30. The number of nitrogens with two attached hydrogens (primary N) is 1. The number of halogens is 1. The molecule has 0 aliphatic heterocycles. The molecule has 1 heterocycles. The Balaban J connectivity index is 1.57. The molecule has 0 bridgehead atoms. The van der Waals surface area contributed by atoms with Crippen LogP contribution in [0.4, 0.5) is 10.1 Å². The number of aromatic hydroxyl groups is 1. The van der Waals surface area contributed by atoms with E-state index in [-0.39, 0.29) is 24.1 Å². The first-order valence-electron chi connectivity index (χ1n) is 12.3. The number of aliphatic hydroxyl groups is 1. The van der Waals surface area contributed by atoms with E-state index in [1.165, 1.54) is 32.0 Å². The molecule has 14 heteroatoms. The molecule has 2 unspecified atom stereocenters. The number of phenols is 1. The van der Waals surface area contributed by atoms with Crippen LogP contribution in [0.25, 0.3) is 0 Å². The van der Waals surface area contributed by atoms with Crippen LogP contribution in [0.3, 0.4) is 0 Å². The Kier molecular flexibility index (Phi) is 6.23. The number of primary amides is 1. The van der Waals surface area contributed by atoms with Gasteiger partial charge in [0.1, 0.15) is 17.3 Å². The van der Waals surface area contributed by atoms with Crippen LogP contribution in [0.5, 0.6) is 5.75 Å². The van der Waals surface area contributed by atoms with Gasteiger partial charge in [-0.25, -0.2) is 4.39 Å². The number of fused-ring (bicyclic) bond motifs is 3. The number of amides is 2. The molecular formula is C26H25FN4O9. The summed E-state index contributed by atoms with van der Waals surface area (Å²) in [4.78, 5) is 79.7. The van der Waals surface area contributed by atoms with Gasteiger partial charge in [-0.3, -0.25) is 33.7 Å². The minimum atomic E-state index is -2.90. The Morgan fingerprint density at radius 3 is 2.45 bits per heavy atom. The maximum atomic E-state index is 15.3. The number of aromatic nitrogens is 1. The van der Waals surface area contributed by atoms with E-state index in [0.717, 1.165) is 6.07 Å². The van der Waals surface area contributed by atoms with Gasteiger partial charge in [-0.2, -0.15) is 0 Å². The molecule has 0 saturated heterocycles. The fraction of sp³-hybridized carbons (Fsp3) is 0.423. The number of anilines is 1. The first-order valence-corrected chi connectivity index (χ1v) is 12.3. The molecule has 210 valence electrons. The van der Waals surface area contributed by atoms with Crippen LogP contribution < -0.4 is 11.1 Å². The van der Waals surface area contributed by atoms with E-state index >= 15 is 4.39 Å². The fourth-order valence-electron chi connectivity index (χ4n) is 6.38. The van der Waals surface area contributed by atoms with Gasteiger partial charge >= 0.3 is 0 Å². The summed E-state index contributed by atoms with van der Waals surface area (Å²) in [5.74, 6) is -14.3. The second kappa shape index (κ2) is 9.13. The van der Waals surface area contributed by atoms with Gasteiger partial charge in [0.2, 0.25) is 5.91 Å². The van der Waals surface area contributed by atoms with Crippen molar-refractivity contribution in [1.82, 2.24) is 10.1 Å². The molecule has 5 N–H and O–H groups in total. The predicted octanol–water partition coefficient (Wildman–Crippen LogP) is -0.445. The van der Waals surface area contributed by atoms with Gasteiger partial charge in [0.05, 0.1) is 23.2 Å². The highest BCUT2D eigenvalue weighted by Crippen LogP contribution is 2.51. The van der Waals surface area contributed by atoms with E-state index in [0.29, 0.717) is 5.76 Å². The molecule has 3 aliphatic rings. The third-order valence-corrected chi connectivity index (χ3v) is 8.12. The molecule has 2 fully saturated rings. The Bertz CT molecular complexity index is 1530. The zero-order valence-corrected chi connectivity index (χ0v) is 21.6. The van der Waals surface area contributed by atoms with Crippen molar-refractivity contribution < 1.29 is 47.9 Å². The van der Waals surface area contributed by atoms with Crippen molar-refractivity contribution in [2.75, 3.05) is 19.4 Å². The smallest absolute Gasteiger partial charge is 0.277 e. The summed E-state index contributed by atoms with van der Waals surface area (Å²) in [5.41, 5.74) is 0.925. The second-order valence-corrected chi connectivity index (χ2v) is 10.7. The van der Waals surface area contributed by atoms with Crippen molar-refractivity contribution in [3.63, 3.8) is 0 Å². The van der Waals surface area contributed by atoms with Crippen LogP contribution in [0.1, 0.15) is 38.6 Å². The van der Waals surface area contributed by atoms with Crippen molar-refractivity contribution in [3.05, 3.63) is 40.5 Å². The summed E-state index contributed by atoms with van der Waals surface area (Å²) >= 11 is 0. The third kappa shape index (κ3) is 3.70. The molecule has 40 heavy (non-hydrogen) atoms. The summed E-state index contributed by atoms with van der Waals surface area (Å²) in [6.07, 6.45) is -0.462. The lowest BCUT2D eigenvalue weighted by molar-refractivity contribution is -0.181. The van der Waals surface area contributed by atoms with Crippen molar-refractivity contribution in [1.29, 1.82) is 0 Å². The maximum Gasteiger partial charge on any atom is 0.277 e. The van der Waals surface area contributed by atoms with Gasteiger partial charge in [-0.05, 0) is 39.8 Å². The maximum absolute atomic E-state index is 15.3. The molecule has 13 nitrogen and oxygen atoms in total. The molecule has 2 aromatic rings. The average molecular weight is 557 g/mol. The number of nitrogens with zero attached hydrogens (tertiary/aromatic N) is 2. The summed E-state index contributed by atoms with van der Waals surface area (Å²) in [5, 5.41) is 28.3. The minimum absolute atomic E-state index is 0.179. The Morgan fingerprint density at radius 2 is 1.88 bits per heavy atom. The number of hydrogen-bond acceptors (Lipinski definition) is 11. The molecule has 5 rings (SSSR count). The van der Waals surface area contributed by atoms with E-state index < -0.39 is 93.1 Å². The van der Waals surface area contributed by atoms with Crippen LogP contribution in [-0.2, 0) is 25.6 Å². The lowest BCUT2D eigenvalue weighted by atomic mass is 9.52. The molecular weight excluding hydrogens is 531 g/mol. The summed E-state index contributed by atoms with van der Waals surface area (Å²) < 4.78 is 20.1. The number of benzene rings is 1. The van der Waals surface area contributed by atoms with Crippen LogP contribution in [0, 0.1) is 36.4 Å². The summed E-state index contributed by atoms with van der Waals surface area (Å²) in [6, 6.07) is 0.847. The van der Waals surface area contributed by atoms with Gasteiger partial charge in [0.25, 0.3) is 5.91 Å². The van der Waals surface area contributed by atoms with E-state index in [1.807, 2.05) is 0 Å². The number of aryl methyl sites for hydroxylation is 1. The van der Waals surface area contributed by atoms with Crippen LogP contribution in [-0.4, -0.2) is 81.0 Å². The van der Waals surface area contributed by atoms with Crippen molar-refractivity contribution >= 4 is 40.6 Å². The SMILES string of the molecule is Cc1cc(C(=O)Nc2cc(F)c3c(c2O)C(=O)C2C(=O)[C@]4(O)C(=O)C(C(N)=O)C(=O)[C@@H](N(C)C)[C@@H]4C[C@@H]2C3)no1. The van der Waals surface area contributed by atoms with Crippen LogP contribution >= 0.6 is 0 Å². The normalized spacial score (nSPS) is 29.6. The number of nitrogens with one attached hydrogen (secondary N) is 1. The van der Waals surface area contributed by atoms with Crippen molar-refractivity contribution in [3.8, 4) is 5.75 Å². The van der Waals surface area contributed by atoms with Gasteiger partial charge in [-0.1, -0.05) is 5.16 Å². The zero-order valence-electron chi connectivity index (χ0n) is 21.6.